The number of rotatable bonds is 22. The fourth-order valence-electron chi connectivity index (χ4n) is 12.1. The second kappa shape index (κ2) is 32.6. The van der Waals surface area contributed by atoms with Crippen LogP contribution < -0.4 is 10.6 Å². The molecule has 0 spiro atoms. The SMILES string of the molecule is CC(=O)N[C@H]1[C@H](OC[C@H]2O[C@@H](O[C@H]3[C@H](O)[C@@H](O)C(O)O[C@@H]3CO)[C@H](O)[C@@H](O[C@@H]3O[C@H](CO)[C@@H](O[C@@H]4O[C@H](CO)[C@H](O)[C@H](O)[C@H]4O)[C@H](O[C@@H]4O[C@@H](C)[C@@H](O)[C@@H](O)[C@@H]4O)[C@H]3NC(C)=O)[C@H]2O)O[C@H](CO)[C@@H](O[C@@H]2O[C@H](CO)[C@H](O)[C@H](O)[C@H]2O)[C@@H]1O[C@@H]1O[C@@H](C)[C@@H](O)[C@@H](O)[C@@H]1O. The van der Waals surface area contributed by atoms with Gasteiger partial charge in [0.1, 0.15) is 183 Å². The molecule has 0 radical (unpaired) electrons. The molecule has 8 heterocycles. The van der Waals surface area contributed by atoms with E-state index < -0.39 is 297 Å². The first kappa shape index (κ1) is 76.2. The lowest BCUT2D eigenvalue weighted by Gasteiger charge is -2.52. The molecule has 93 heavy (non-hydrogen) atoms. The monoisotopic (exact) mass is 1360 g/mol. The number of aliphatic hydroxyl groups excluding tert-OH is 22. The highest BCUT2D eigenvalue weighted by Crippen LogP contribution is 2.39. The highest BCUT2D eigenvalue weighted by Gasteiger charge is 2.60. The zero-order valence-corrected chi connectivity index (χ0v) is 50.1. The lowest BCUT2D eigenvalue weighted by atomic mass is 9.93. The van der Waals surface area contributed by atoms with Gasteiger partial charge in [0.25, 0.3) is 0 Å². The largest absolute Gasteiger partial charge is 0.394 e. The van der Waals surface area contributed by atoms with E-state index in [1.165, 1.54) is 13.8 Å². The first-order valence-corrected chi connectivity index (χ1v) is 29.9. The second-order valence-corrected chi connectivity index (χ2v) is 23.9. The van der Waals surface area contributed by atoms with Crippen molar-refractivity contribution in [3.63, 3.8) is 0 Å². The number of ether oxygens (including phenoxy) is 15. The number of carbonyl (C=O) groups is 2. The first-order chi connectivity index (χ1) is 43.9. The van der Waals surface area contributed by atoms with Crippen LogP contribution in [0.25, 0.3) is 0 Å². The summed E-state index contributed by atoms with van der Waals surface area (Å²) in [6.07, 6.45) is -75.0. The van der Waals surface area contributed by atoms with Crippen molar-refractivity contribution in [2.45, 2.75) is 273 Å². The van der Waals surface area contributed by atoms with Crippen molar-refractivity contribution < 1.29 is 193 Å². The highest BCUT2D eigenvalue weighted by atomic mass is 16.8. The normalized spacial score (nSPS) is 51.6. The van der Waals surface area contributed by atoms with E-state index in [9.17, 15) is 122 Å². The first-order valence-electron chi connectivity index (χ1n) is 29.9. The van der Waals surface area contributed by atoms with Gasteiger partial charge >= 0.3 is 0 Å². The van der Waals surface area contributed by atoms with Crippen molar-refractivity contribution in [2.24, 2.45) is 0 Å². The summed E-state index contributed by atoms with van der Waals surface area (Å²) in [6, 6.07) is -3.80. The zero-order valence-electron chi connectivity index (χ0n) is 50.1. The Morgan fingerprint density at radius 3 is 1.04 bits per heavy atom. The van der Waals surface area contributed by atoms with Gasteiger partial charge in [-0.2, -0.15) is 0 Å². The summed E-state index contributed by atoms with van der Waals surface area (Å²) in [6.45, 7) is -1.86. The van der Waals surface area contributed by atoms with Crippen LogP contribution in [0.15, 0.2) is 0 Å². The van der Waals surface area contributed by atoms with Crippen LogP contribution in [-0.4, -0.2) is 409 Å². The fourth-order valence-corrected chi connectivity index (χ4v) is 12.1. The lowest BCUT2D eigenvalue weighted by Crippen LogP contribution is -2.71. The molecule has 1 unspecified atom stereocenters. The summed E-state index contributed by atoms with van der Waals surface area (Å²) >= 11 is 0. The standard InChI is InChI=1S/C52H88N2O39/c1-11-23(62)28(67)34(73)48(80-11)91-42-21(53-13(3)60)46(85-18(8-58)40(42)89-50-36(75)30(69)25(64)15(5-55)83-50)79-10-20-27(66)44(38(77)52(87-20)88-39-17(7-57)82-45(78)33(72)32(39)71)93-47-22(54-14(4)61)43(92-49-35(74)29(68)24(63)12(2)81-49)41(19(9-59)86-47)90-51-37(76)31(70)26(65)16(6-56)84-51/h11-12,15-52,55-59,62-78H,5-10H2,1-4H3,(H,53,60)(H,54,61)/t11-,12-,15+,16+,17+,18+,19+,20+,21+,22+,23+,24+,25-,26-,27-,28+,29+,30-,31-,32+,33+,34-,35-,36+,37+,38+,39+,40+,41+,42+,43+,44-,45?,46+,47-,48-,49-,50-,51-,52-/m0/s1. The van der Waals surface area contributed by atoms with Gasteiger partial charge in [0.05, 0.1) is 51.8 Å². The van der Waals surface area contributed by atoms with E-state index >= 15 is 0 Å². The Morgan fingerprint density at radius 1 is 0.301 bits per heavy atom. The van der Waals surface area contributed by atoms with E-state index in [-0.39, 0.29) is 0 Å². The van der Waals surface area contributed by atoms with E-state index in [1.807, 2.05) is 0 Å². The molecule has 8 rings (SSSR count). The Morgan fingerprint density at radius 2 is 0.624 bits per heavy atom. The molecule has 0 aromatic carbocycles. The molecule has 0 aliphatic carbocycles. The predicted octanol–water partition coefficient (Wildman–Crippen LogP) is -16.1. The summed E-state index contributed by atoms with van der Waals surface area (Å²) in [5, 5.41) is 244. The quantitative estimate of drug-likeness (QED) is 0.0479. The van der Waals surface area contributed by atoms with Crippen LogP contribution in [0.2, 0.25) is 0 Å². The van der Waals surface area contributed by atoms with E-state index in [1.54, 1.807) is 0 Å². The lowest BCUT2D eigenvalue weighted by molar-refractivity contribution is -0.394. The van der Waals surface area contributed by atoms with Crippen LogP contribution in [0.3, 0.4) is 0 Å². The smallest absolute Gasteiger partial charge is 0.217 e. The number of amides is 2. The number of hydrogen-bond donors (Lipinski definition) is 24. The van der Waals surface area contributed by atoms with Crippen LogP contribution >= 0.6 is 0 Å². The van der Waals surface area contributed by atoms with Crippen molar-refractivity contribution in [2.75, 3.05) is 39.6 Å². The molecule has 8 aliphatic heterocycles. The molecule has 540 valence electrons. The average Bonchev–Trinajstić information content (AvgIpc) is 0.778. The molecule has 0 aromatic rings. The van der Waals surface area contributed by atoms with E-state index in [0.29, 0.717) is 0 Å². The second-order valence-electron chi connectivity index (χ2n) is 23.9. The van der Waals surface area contributed by atoms with Crippen molar-refractivity contribution in [3.8, 4) is 0 Å². The Labute approximate surface area is 527 Å². The molecule has 41 nitrogen and oxygen atoms in total. The Balaban J connectivity index is 1.16. The van der Waals surface area contributed by atoms with Gasteiger partial charge in [-0.15, -0.1) is 0 Å². The zero-order chi connectivity index (χ0) is 68.5. The van der Waals surface area contributed by atoms with Gasteiger partial charge in [-0.1, -0.05) is 0 Å². The van der Waals surface area contributed by atoms with Gasteiger partial charge in [0.2, 0.25) is 11.8 Å². The van der Waals surface area contributed by atoms with Gasteiger partial charge in [0, 0.05) is 13.8 Å². The molecule has 8 aliphatic rings. The minimum absolute atomic E-state index is 0.912. The molecular formula is C52H88N2O39. The van der Waals surface area contributed by atoms with E-state index in [0.717, 1.165) is 13.8 Å². The van der Waals surface area contributed by atoms with E-state index in [2.05, 4.69) is 10.6 Å². The third kappa shape index (κ3) is 16.4. The van der Waals surface area contributed by atoms with Crippen LogP contribution in [0.1, 0.15) is 27.7 Å². The van der Waals surface area contributed by atoms with Crippen LogP contribution in [0.4, 0.5) is 0 Å². The minimum Gasteiger partial charge on any atom is -0.394 e. The summed E-state index contributed by atoms with van der Waals surface area (Å²) in [7, 11) is 0. The maximum atomic E-state index is 13.3. The summed E-state index contributed by atoms with van der Waals surface area (Å²) < 4.78 is 89.1. The molecule has 41 heteroatoms. The molecule has 0 aromatic heterocycles. The van der Waals surface area contributed by atoms with Crippen molar-refractivity contribution >= 4 is 11.8 Å². The maximum absolute atomic E-state index is 13.3. The third-order valence-corrected chi connectivity index (χ3v) is 17.4. The summed E-state index contributed by atoms with van der Waals surface area (Å²) in [4.78, 5) is 26.5. The number of aliphatic hydroxyl groups is 22. The summed E-state index contributed by atoms with van der Waals surface area (Å²) in [5.41, 5.74) is 0. The minimum atomic E-state index is -2.42. The highest BCUT2D eigenvalue weighted by molar-refractivity contribution is 5.73. The van der Waals surface area contributed by atoms with Crippen molar-refractivity contribution in [3.05, 3.63) is 0 Å². The van der Waals surface area contributed by atoms with Gasteiger partial charge in [-0.25, -0.2) is 0 Å². The van der Waals surface area contributed by atoms with Crippen LogP contribution in [-0.2, 0) is 80.6 Å². The number of hydrogen-bond acceptors (Lipinski definition) is 39. The van der Waals surface area contributed by atoms with E-state index in [4.69, 9.17) is 71.1 Å². The number of carbonyl (C=O) groups excluding carboxylic acids is 2. The fraction of sp³-hybridized carbons (Fsp3) is 0.962. The molecule has 0 bridgehead atoms. The Hall–Kier alpha value is -2.54. The molecule has 8 fully saturated rings. The average molecular weight is 1370 g/mol. The molecule has 0 saturated carbocycles. The molecular weight excluding hydrogens is 1280 g/mol. The Kier molecular flexibility index (Phi) is 26.7. The Bertz CT molecular complexity index is 2350. The molecule has 8 saturated heterocycles. The van der Waals surface area contributed by atoms with Gasteiger partial charge in [0.15, 0.2) is 50.3 Å². The van der Waals surface area contributed by atoms with Gasteiger partial charge in [-0.3, -0.25) is 9.59 Å². The topological polar surface area (TPSA) is 642 Å². The molecule has 40 atom stereocenters. The van der Waals surface area contributed by atoms with Crippen LogP contribution in [0.5, 0.6) is 0 Å². The van der Waals surface area contributed by atoms with Crippen molar-refractivity contribution in [1.82, 2.24) is 10.6 Å². The molecule has 2 amide bonds. The van der Waals surface area contributed by atoms with Gasteiger partial charge < -0.3 is 194 Å². The van der Waals surface area contributed by atoms with Crippen LogP contribution in [0, 0.1) is 0 Å². The van der Waals surface area contributed by atoms with Gasteiger partial charge in [-0.05, 0) is 13.8 Å². The third-order valence-electron chi connectivity index (χ3n) is 17.4. The summed E-state index contributed by atoms with van der Waals surface area (Å²) in [5.74, 6) is -1.88. The molecule has 24 N–H and O–H groups in total. The maximum Gasteiger partial charge on any atom is 0.217 e. The number of nitrogens with one attached hydrogen (secondary N) is 2. The van der Waals surface area contributed by atoms with Crippen molar-refractivity contribution in [1.29, 1.82) is 0 Å². The predicted molar refractivity (Wildman–Crippen MR) is 285 cm³/mol.